The minimum Gasteiger partial charge on any atom is -0.366 e. The van der Waals surface area contributed by atoms with E-state index in [1.807, 2.05) is 0 Å². The Kier molecular flexibility index (Phi) is 4.48. The average Bonchev–Trinajstić information content (AvgIpc) is 2.63. The van der Waals surface area contributed by atoms with Crippen LogP contribution in [0.15, 0.2) is 29.2 Å². The smallest absolute Gasteiger partial charge is 0.266 e. The molecule has 0 atom stereocenters. The molecule has 0 radical (unpaired) electrons. The predicted molar refractivity (Wildman–Crippen MR) is 95.5 cm³/mol. The van der Waals surface area contributed by atoms with Gasteiger partial charge in [0, 0.05) is 37.8 Å². The highest BCUT2D eigenvalue weighted by Gasteiger charge is 2.24. The molecule has 1 fully saturated rings. The van der Waals surface area contributed by atoms with Crippen molar-refractivity contribution in [1.29, 1.82) is 0 Å². The molecule has 25 heavy (non-hydrogen) atoms. The number of fused-ring (bicyclic) bond motifs is 1. The molecule has 3 heterocycles. The predicted octanol–water partition coefficient (Wildman–Crippen LogP) is 1.62. The van der Waals surface area contributed by atoms with E-state index in [9.17, 15) is 4.79 Å². The molecule has 7 heteroatoms. The number of hydrogen-bond donors (Lipinski definition) is 1. The fraction of sp³-hybridized carbons (Fsp3) is 0.556. The second kappa shape index (κ2) is 6.92. The van der Waals surface area contributed by atoms with Crippen molar-refractivity contribution in [1.82, 2.24) is 24.9 Å². The Labute approximate surface area is 147 Å². The Balaban J connectivity index is 1.38. The van der Waals surface area contributed by atoms with Gasteiger partial charge in [-0.25, -0.2) is 4.68 Å². The summed E-state index contributed by atoms with van der Waals surface area (Å²) in [6, 6.07) is 6.00. The highest BCUT2D eigenvalue weighted by Crippen LogP contribution is 2.29. The molecule has 2 aromatic heterocycles. The van der Waals surface area contributed by atoms with Crippen molar-refractivity contribution in [3.05, 3.63) is 46.0 Å². The van der Waals surface area contributed by atoms with Crippen molar-refractivity contribution in [2.45, 2.75) is 50.7 Å². The molecule has 7 nitrogen and oxygen atoms in total. The standard InChI is InChI=1S/C18H24N6O/c1-23-10-8-16-13(12-23)11-17(22-21-16)20-14-4-6-15(7-5-14)24-18(25)3-2-9-19-24/h2-3,9,11,14-15H,4-8,10,12H2,1H3,(H,20,22). The lowest BCUT2D eigenvalue weighted by atomic mass is 9.91. The highest BCUT2D eigenvalue weighted by molar-refractivity contribution is 5.40. The summed E-state index contributed by atoms with van der Waals surface area (Å²) in [5.74, 6) is 0.868. The van der Waals surface area contributed by atoms with Crippen LogP contribution in [-0.4, -0.2) is 44.5 Å². The van der Waals surface area contributed by atoms with E-state index >= 15 is 0 Å². The minimum absolute atomic E-state index is 0.0106. The third-order valence-electron chi connectivity index (χ3n) is 5.27. The number of likely N-dealkylation sites (N-methyl/N-ethyl adjacent to an activating group) is 1. The lowest BCUT2D eigenvalue weighted by Gasteiger charge is -2.30. The number of anilines is 1. The maximum absolute atomic E-state index is 11.9. The van der Waals surface area contributed by atoms with Gasteiger partial charge in [0.15, 0.2) is 0 Å². The minimum atomic E-state index is -0.0106. The second-order valence-electron chi connectivity index (χ2n) is 7.15. The SMILES string of the molecule is CN1CCc2nnc(NC3CCC(n4ncccc4=O)CC3)cc2C1. The Morgan fingerprint density at radius 2 is 2.04 bits per heavy atom. The first-order chi connectivity index (χ1) is 12.2. The average molecular weight is 340 g/mol. The molecule has 0 spiro atoms. The van der Waals surface area contributed by atoms with Gasteiger partial charge in [-0.05, 0) is 50.4 Å². The summed E-state index contributed by atoms with van der Waals surface area (Å²) in [6.07, 6.45) is 6.58. The van der Waals surface area contributed by atoms with Gasteiger partial charge in [-0.1, -0.05) is 0 Å². The summed E-state index contributed by atoms with van der Waals surface area (Å²) < 4.78 is 1.63. The number of hydrogen-bond acceptors (Lipinski definition) is 6. The topological polar surface area (TPSA) is 75.9 Å². The van der Waals surface area contributed by atoms with Crippen LogP contribution in [0.4, 0.5) is 5.82 Å². The summed E-state index contributed by atoms with van der Waals surface area (Å²) in [7, 11) is 2.14. The van der Waals surface area contributed by atoms with Gasteiger partial charge in [0.25, 0.3) is 5.56 Å². The van der Waals surface area contributed by atoms with Gasteiger partial charge in [0.05, 0.1) is 11.7 Å². The fourth-order valence-corrected chi connectivity index (χ4v) is 3.86. The molecule has 1 aliphatic heterocycles. The molecule has 0 amide bonds. The summed E-state index contributed by atoms with van der Waals surface area (Å²) in [5.41, 5.74) is 2.39. The molecule has 2 aromatic rings. The normalized spacial score (nSPS) is 23.9. The Morgan fingerprint density at radius 3 is 2.84 bits per heavy atom. The summed E-state index contributed by atoms with van der Waals surface area (Å²) in [4.78, 5) is 14.2. The van der Waals surface area contributed by atoms with Crippen LogP contribution >= 0.6 is 0 Å². The molecule has 0 aromatic carbocycles. The summed E-state index contributed by atoms with van der Waals surface area (Å²) in [5, 5.41) is 16.5. The van der Waals surface area contributed by atoms with E-state index in [4.69, 9.17) is 0 Å². The van der Waals surface area contributed by atoms with E-state index in [2.05, 4.69) is 38.6 Å². The Bertz CT molecular complexity index is 796. The first kappa shape index (κ1) is 16.2. The van der Waals surface area contributed by atoms with Gasteiger partial charge in [-0.2, -0.15) is 10.2 Å². The largest absolute Gasteiger partial charge is 0.366 e. The van der Waals surface area contributed by atoms with Crippen molar-refractivity contribution in [2.75, 3.05) is 18.9 Å². The van der Waals surface area contributed by atoms with E-state index in [-0.39, 0.29) is 11.6 Å². The molecule has 0 saturated heterocycles. The molecule has 1 aliphatic carbocycles. The van der Waals surface area contributed by atoms with Crippen LogP contribution in [0.3, 0.4) is 0 Å². The monoisotopic (exact) mass is 340 g/mol. The highest BCUT2D eigenvalue weighted by atomic mass is 16.1. The van der Waals surface area contributed by atoms with Crippen molar-refractivity contribution in [3.63, 3.8) is 0 Å². The van der Waals surface area contributed by atoms with Crippen LogP contribution < -0.4 is 10.9 Å². The van der Waals surface area contributed by atoms with E-state index in [1.165, 1.54) is 5.56 Å². The number of rotatable bonds is 3. The molecular formula is C18H24N6O. The molecule has 132 valence electrons. The van der Waals surface area contributed by atoms with Crippen LogP contribution in [0.1, 0.15) is 43.0 Å². The number of aromatic nitrogens is 4. The first-order valence-corrected chi connectivity index (χ1v) is 9.03. The zero-order valence-electron chi connectivity index (χ0n) is 14.6. The summed E-state index contributed by atoms with van der Waals surface area (Å²) in [6.45, 7) is 1.99. The molecule has 4 rings (SSSR count). The van der Waals surface area contributed by atoms with E-state index in [0.29, 0.717) is 6.04 Å². The maximum atomic E-state index is 11.9. The van der Waals surface area contributed by atoms with Gasteiger partial charge >= 0.3 is 0 Å². The van der Waals surface area contributed by atoms with E-state index in [1.54, 1.807) is 23.0 Å². The van der Waals surface area contributed by atoms with Gasteiger partial charge in [-0.3, -0.25) is 4.79 Å². The van der Waals surface area contributed by atoms with Crippen LogP contribution in [0.2, 0.25) is 0 Å². The molecule has 0 bridgehead atoms. The third kappa shape index (κ3) is 3.56. The fourth-order valence-electron chi connectivity index (χ4n) is 3.86. The quantitative estimate of drug-likeness (QED) is 0.915. The van der Waals surface area contributed by atoms with Crippen LogP contribution in [0, 0.1) is 0 Å². The van der Waals surface area contributed by atoms with Crippen molar-refractivity contribution >= 4 is 5.82 Å². The second-order valence-corrected chi connectivity index (χ2v) is 7.15. The van der Waals surface area contributed by atoms with Crippen molar-refractivity contribution in [2.24, 2.45) is 0 Å². The van der Waals surface area contributed by atoms with Crippen LogP contribution in [-0.2, 0) is 13.0 Å². The van der Waals surface area contributed by atoms with E-state index in [0.717, 1.165) is 56.7 Å². The lowest BCUT2D eigenvalue weighted by molar-refractivity contribution is 0.302. The Morgan fingerprint density at radius 1 is 1.20 bits per heavy atom. The molecular weight excluding hydrogens is 316 g/mol. The van der Waals surface area contributed by atoms with Gasteiger partial charge in [0.1, 0.15) is 5.82 Å². The van der Waals surface area contributed by atoms with Gasteiger partial charge in [0.2, 0.25) is 0 Å². The van der Waals surface area contributed by atoms with Gasteiger partial charge < -0.3 is 10.2 Å². The molecule has 2 aliphatic rings. The zero-order chi connectivity index (χ0) is 17.2. The lowest BCUT2D eigenvalue weighted by Crippen LogP contribution is -2.33. The molecule has 0 unspecified atom stereocenters. The van der Waals surface area contributed by atoms with Crippen LogP contribution in [0.25, 0.3) is 0 Å². The Hall–Kier alpha value is -2.28. The van der Waals surface area contributed by atoms with Crippen molar-refractivity contribution in [3.8, 4) is 0 Å². The first-order valence-electron chi connectivity index (χ1n) is 9.03. The van der Waals surface area contributed by atoms with E-state index < -0.39 is 0 Å². The van der Waals surface area contributed by atoms with Crippen LogP contribution in [0.5, 0.6) is 0 Å². The maximum Gasteiger partial charge on any atom is 0.266 e. The third-order valence-corrected chi connectivity index (χ3v) is 5.27. The zero-order valence-corrected chi connectivity index (χ0v) is 14.6. The number of nitrogens with one attached hydrogen (secondary N) is 1. The summed E-state index contributed by atoms with van der Waals surface area (Å²) >= 11 is 0. The molecule has 1 saturated carbocycles. The van der Waals surface area contributed by atoms with Gasteiger partial charge in [-0.15, -0.1) is 5.10 Å². The molecule has 1 N–H and O–H groups in total. The number of nitrogens with zero attached hydrogens (tertiary/aromatic N) is 5. The van der Waals surface area contributed by atoms with Crippen molar-refractivity contribution < 1.29 is 0 Å².